The van der Waals surface area contributed by atoms with Crippen LogP contribution in [-0.4, -0.2) is 17.1 Å². The molecule has 11 heavy (non-hydrogen) atoms. The predicted molar refractivity (Wildman–Crippen MR) is 38.6 cm³/mol. The monoisotopic (exact) mass is 164 g/mol. The molecule has 1 fully saturated rings. The molecule has 3 heteroatoms. The minimum Gasteiger partial charge on any atom is -0.393 e. The van der Waals surface area contributed by atoms with Crippen LogP contribution in [0.15, 0.2) is 0 Å². The topological polar surface area (TPSA) is 20.2 Å². The van der Waals surface area contributed by atoms with E-state index in [1.807, 2.05) is 0 Å². The van der Waals surface area contributed by atoms with E-state index in [1.165, 1.54) is 0 Å². The highest BCUT2D eigenvalue weighted by Gasteiger charge is 2.43. The van der Waals surface area contributed by atoms with Crippen LogP contribution < -0.4 is 0 Å². The van der Waals surface area contributed by atoms with Crippen molar-refractivity contribution in [1.82, 2.24) is 0 Å². The van der Waals surface area contributed by atoms with Crippen LogP contribution >= 0.6 is 0 Å². The van der Waals surface area contributed by atoms with Crippen LogP contribution in [-0.2, 0) is 0 Å². The van der Waals surface area contributed by atoms with Crippen molar-refractivity contribution in [2.45, 2.75) is 44.6 Å². The molecular weight excluding hydrogens is 150 g/mol. The lowest BCUT2D eigenvalue weighted by Crippen LogP contribution is -2.24. The SMILES string of the molecule is CC(O)CC1CCCC1(F)F. The van der Waals surface area contributed by atoms with Gasteiger partial charge >= 0.3 is 0 Å². The molecule has 0 bridgehead atoms. The van der Waals surface area contributed by atoms with Crippen molar-refractivity contribution in [3.05, 3.63) is 0 Å². The first kappa shape index (κ1) is 8.91. The highest BCUT2D eigenvalue weighted by Crippen LogP contribution is 2.42. The maximum Gasteiger partial charge on any atom is 0.251 e. The third-order valence-electron chi connectivity index (χ3n) is 2.29. The third kappa shape index (κ3) is 2.12. The lowest BCUT2D eigenvalue weighted by molar-refractivity contribution is -0.0507. The zero-order valence-corrected chi connectivity index (χ0v) is 6.69. The van der Waals surface area contributed by atoms with Crippen molar-refractivity contribution in [2.24, 2.45) is 5.92 Å². The molecule has 2 atom stereocenters. The smallest absolute Gasteiger partial charge is 0.251 e. The van der Waals surface area contributed by atoms with E-state index in [4.69, 9.17) is 5.11 Å². The van der Waals surface area contributed by atoms with Gasteiger partial charge in [-0.3, -0.25) is 0 Å². The van der Waals surface area contributed by atoms with Gasteiger partial charge in [0.05, 0.1) is 6.10 Å². The molecule has 1 saturated carbocycles. The molecule has 0 aromatic carbocycles. The summed E-state index contributed by atoms with van der Waals surface area (Å²) in [6.45, 7) is 1.56. The Morgan fingerprint density at radius 2 is 2.27 bits per heavy atom. The molecule has 1 aliphatic carbocycles. The second-order valence-electron chi connectivity index (χ2n) is 3.43. The van der Waals surface area contributed by atoms with E-state index in [-0.39, 0.29) is 12.8 Å². The van der Waals surface area contributed by atoms with Crippen LogP contribution in [0.4, 0.5) is 8.78 Å². The van der Waals surface area contributed by atoms with Crippen LogP contribution in [0.2, 0.25) is 0 Å². The van der Waals surface area contributed by atoms with Crippen molar-refractivity contribution in [3.63, 3.8) is 0 Å². The number of rotatable bonds is 2. The number of hydrogen-bond donors (Lipinski definition) is 1. The Morgan fingerprint density at radius 3 is 2.64 bits per heavy atom. The molecule has 2 unspecified atom stereocenters. The average Bonchev–Trinajstić information content (AvgIpc) is 2.10. The zero-order chi connectivity index (χ0) is 8.48. The second-order valence-corrected chi connectivity index (χ2v) is 3.43. The summed E-state index contributed by atoms with van der Waals surface area (Å²) >= 11 is 0. The Labute approximate surface area is 65.4 Å². The number of alkyl halides is 2. The summed E-state index contributed by atoms with van der Waals surface area (Å²) in [5.74, 6) is -3.10. The highest BCUT2D eigenvalue weighted by molar-refractivity contribution is 4.84. The molecule has 0 saturated heterocycles. The lowest BCUT2D eigenvalue weighted by Gasteiger charge is -2.19. The van der Waals surface area contributed by atoms with Gasteiger partial charge in [0.1, 0.15) is 0 Å². The second kappa shape index (κ2) is 3.05. The van der Waals surface area contributed by atoms with E-state index >= 15 is 0 Å². The van der Waals surface area contributed by atoms with E-state index in [1.54, 1.807) is 6.92 Å². The van der Waals surface area contributed by atoms with Crippen molar-refractivity contribution >= 4 is 0 Å². The number of halogens is 2. The number of aliphatic hydroxyl groups is 1. The van der Waals surface area contributed by atoms with Gasteiger partial charge in [-0.05, 0) is 26.2 Å². The first-order valence-corrected chi connectivity index (χ1v) is 4.08. The Morgan fingerprint density at radius 1 is 1.64 bits per heavy atom. The fourth-order valence-electron chi connectivity index (χ4n) is 1.70. The Bertz CT molecular complexity index is 134. The Balaban J connectivity index is 2.45. The van der Waals surface area contributed by atoms with Gasteiger partial charge in [0.25, 0.3) is 5.92 Å². The summed E-state index contributed by atoms with van der Waals surface area (Å²) in [5, 5.41) is 8.91. The molecule has 0 heterocycles. The quantitative estimate of drug-likeness (QED) is 0.663. The van der Waals surface area contributed by atoms with Gasteiger partial charge < -0.3 is 5.11 Å². The molecule has 0 aromatic heterocycles. The van der Waals surface area contributed by atoms with Crippen LogP contribution in [0.5, 0.6) is 0 Å². The van der Waals surface area contributed by atoms with E-state index in [0.717, 1.165) is 0 Å². The molecule has 1 aliphatic rings. The van der Waals surface area contributed by atoms with Crippen molar-refractivity contribution in [3.8, 4) is 0 Å². The van der Waals surface area contributed by atoms with E-state index in [2.05, 4.69) is 0 Å². The standard InChI is InChI=1S/C8H14F2O/c1-6(11)5-7-3-2-4-8(7,9)10/h6-7,11H,2-5H2,1H3. The molecule has 0 amide bonds. The Kier molecular flexibility index (Phi) is 2.47. The minimum atomic E-state index is -2.52. The molecule has 1 nitrogen and oxygen atoms in total. The summed E-state index contributed by atoms with van der Waals surface area (Å²) < 4.78 is 25.7. The van der Waals surface area contributed by atoms with Gasteiger partial charge in [-0.25, -0.2) is 8.78 Å². The van der Waals surface area contributed by atoms with Gasteiger partial charge in [0.15, 0.2) is 0 Å². The third-order valence-corrected chi connectivity index (χ3v) is 2.29. The summed E-state index contributed by atoms with van der Waals surface area (Å²) in [7, 11) is 0. The van der Waals surface area contributed by atoms with Crippen LogP contribution in [0.1, 0.15) is 32.6 Å². The largest absolute Gasteiger partial charge is 0.393 e. The van der Waals surface area contributed by atoms with Gasteiger partial charge in [-0.15, -0.1) is 0 Å². The summed E-state index contributed by atoms with van der Waals surface area (Å²) in [5.41, 5.74) is 0. The molecule has 0 aromatic rings. The molecular formula is C8H14F2O. The maximum absolute atomic E-state index is 12.9. The normalized spacial score (nSPS) is 32.2. The maximum atomic E-state index is 12.9. The van der Waals surface area contributed by atoms with E-state index in [0.29, 0.717) is 12.8 Å². The van der Waals surface area contributed by atoms with Gasteiger partial charge in [-0.1, -0.05) is 0 Å². The molecule has 0 aliphatic heterocycles. The highest BCUT2D eigenvalue weighted by atomic mass is 19.3. The molecule has 66 valence electrons. The number of hydrogen-bond acceptors (Lipinski definition) is 1. The lowest BCUT2D eigenvalue weighted by atomic mass is 9.98. The summed E-state index contributed by atoms with van der Waals surface area (Å²) in [6, 6.07) is 0. The average molecular weight is 164 g/mol. The molecule has 0 spiro atoms. The predicted octanol–water partition coefficient (Wildman–Crippen LogP) is 2.19. The first-order chi connectivity index (χ1) is 5.02. The summed E-state index contributed by atoms with van der Waals surface area (Å²) in [4.78, 5) is 0. The molecule has 1 N–H and O–H groups in total. The minimum absolute atomic E-state index is 0.00435. The fourth-order valence-corrected chi connectivity index (χ4v) is 1.70. The number of aliphatic hydroxyl groups excluding tert-OH is 1. The van der Waals surface area contributed by atoms with Gasteiger partial charge in [0.2, 0.25) is 0 Å². The molecule has 0 radical (unpaired) electrons. The fraction of sp³-hybridized carbons (Fsp3) is 1.00. The van der Waals surface area contributed by atoms with E-state index in [9.17, 15) is 8.78 Å². The Hall–Kier alpha value is -0.180. The molecule has 1 rings (SSSR count). The van der Waals surface area contributed by atoms with Gasteiger partial charge in [0, 0.05) is 12.3 Å². The van der Waals surface area contributed by atoms with Crippen LogP contribution in [0, 0.1) is 5.92 Å². The van der Waals surface area contributed by atoms with Gasteiger partial charge in [-0.2, -0.15) is 0 Å². The van der Waals surface area contributed by atoms with Crippen molar-refractivity contribution in [2.75, 3.05) is 0 Å². The van der Waals surface area contributed by atoms with Crippen molar-refractivity contribution in [1.29, 1.82) is 0 Å². The zero-order valence-electron chi connectivity index (χ0n) is 6.69. The van der Waals surface area contributed by atoms with Crippen LogP contribution in [0.3, 0.4) is 0 Å². The van der Waals surface area contributed by atoms with E-state index < -0.39 is 17.9 Å². The van der Waals surface area contributed by atoms with Crippen molar-refractivity contribution < 1.29 is 13.9 Å². The van der Waals surface area contributed by atoms with Crippen LogP contribution in [0.25, 0.3) is 0 Å². The first-order valence-electron chi connectivity index (χ1n) is 4.08. The summed E-state index contributed by atoms with van der Waals surface area (Å²) in [6.07, 6.45) is 0.823.